The molecule has 1 N–H and O–H groups in total. The van der Waals surface area contributed by atoms with Gasteiger partial charge in [0, 0.05) is 38.8 Å². The first-order valence-electron chi connectivity index (χ1n) is 10.6. The molecule has 6 nitrogen and oxygen atoms in total. The van der Waals surface area contributed by atoms with Crippen LogP contribution in [0.4, 0.5) is 0 Å². The Labute approximate surface area is 173 Å². The van der Waals surface area contributed by atoms with Crippen molar-refractivity contribution in [2.24, 2.45) is 5.92 Å². The Morgan fingerprint density at radius 2 is 1.93 bits per heavy atom. The average molecular weight is 400 g/mol. The van der Waals surface area contributed by atoms with Crippen molar-refractivity contribution in [3.63, 3.8) is 0 Å². The minimum absolute atomic E-state index is 0.0200. The van der Waals surface area contributed by atoms with Crippen LogP contribution in [0, 0.1) is 5.92 Å². The number of hydrogen-bond acceptors (Lipinski definition) is 4. The third-order valence-electron chi connectivity index (χ3n) is 5.69. The van der Waals surface area contributed by atoms with Crippen molar-refractivity contribution < 1.29 is 14.3 Å². The normalized spacial score (nSPS) is 20.4. The molecule has 3 rings (SSSR count). The molecule has 0 aromatic heterocycles. The monoisotopic (exact) mass is 399 g/mol. The molecule has 0 spiro atoms. The summed E-state index contributed by atoms with van der Waals surface area (Å²) in [5.74, 6) is 0.483. The highest BCUT2D eigenvalue weighted by molar-refractivity contribution is 5.81. The van der Waals surface area contributed by atoms with E-state index in [0.717, 1.165) is 43.9 Å². The van der Waals surface area contributed by atoms with Crippen LogP contribution in [0.15, 0.2) is 30.5 Å². The molecule has 2 atom stereocenters. The second-order valence-corrected chi connectivity index (χ2v) is 8.33. The molecule has 2 unspecified atom stereocenters. The maximum Gasteiger partial charge on any atom is 0.223 e. The van der Waals surface area contributed by atoms with Gasteiger partial charge in [-0.05, 0) is 29.5 Å². The third kappa shape index (κ3) is 5.67. The SMILES string of the molecule is CC(=O)N1C=Cc2ccccc2C1CC(=O)NCC(CC(C)C)N1CCOCC1. The van der Waals surface area contributed by atoms with Crippen LogP contribution in [0.5, 0.6) is 0 Å². The Hall–Kier alpha value is -2.18. The fraction of sp³-hybridized carbons (Fsp3) is 0.565. The Balaban J connectivity index is 1.64. The van der Waals surface area contributed by atoms with Crippen molar-refractivity contribution in [2.75, 3.05) is 32.8 Å². The number of fused-ring (bicyclic) bond motifs is 1. The van der Waals surface area contributed by atoms with Gasteiger partial charge in [-0.15, -0.1) is 0 Å². The first kappa shape index (κ1) is 21.5. The maximum absolute atomic E-state index is 12.8. The van der Waals surface area contributed by atoms with Gasteiger partial charge in [0.25, 0.3) is 0 Å². The summed E-state index contributed by atoms with van der Waals surface area (Å²) in [5.41, 5.74) is 2.08. The third-order valence-corrected chi connectivity index (χ3v) is 5.69. The number of amides is 2. The molecule has 0 aliphatic carbocycles. The van der Waals surface area contributed by atoms with Crippen LogP contribution in [-0.2, 0) is 14.3 Å². The van der Waals surface area contributed by atoms with Crippen LogP contribution >= 0.6 is 0 Å². The summed E-state index contributed by atoms with van der Waals surface area (Å²) in [6.07, 6.45) is 5.02. The van der Waals surface area contributed by atoms with Gasteiger partial charge in [0.1, 0.15) is 0 Å². The van der Waals surface area contributed by atoms with Gasteiger partial charge >= 0.3 is 0 Å². The van der Waals surface area contributed by atoms with Crippen LogP contribution in [0.2, 0.25) is 0 Å². The zero-order valence-corrected chi connectivity index (χ0v) is 17.8. The molecular weight excluding hydrogens is 366 g/mol. The number of carbonyl (C=O) groups is 2. The van der Waals surface area contributed by atoms with E-state index >= 15 is 0 Å². The van der Waals surface area contributed by atoms with Crippen molar-refractivity contribution in [3.05, 3.63) is 41.6 Å². The van der Waals surface area contributed by atoms with E-state index in [4.69, 9.17) is 4.74 Å². The van der Waals surface area contributed by atoms with Crippen LogP contribution in [0.3, 0.4) is 0 Å². The molecule has 1 saturated heterocycles. The molecular formula is C23H33N3O3. The first-order valence-corrected chi connectivity index (χ1v) is 10.6. The van der Waals surface area contributed by atoms with Crippen LogP contribution in [-0.4, -0.2) is 60.5 Å². The quantitative estimate of drug-likeness (QED) is 0.766. The Morgan fingerprint density at radius 3 is 2.62 bits per heavy atom. The Bertz CT molecular complexity index is 741. The number of nitrogens with one attached hydrogen (secondary N) is 1. The highest BCUT2D eigenvalue weighted by atomic mass is 16.5. The van der Waals surface area contributed by atoms with E-state index < -0.39 is 0 Å². The topological polar surface area (TPSA) is 61.9 Å². The highest BCUT2D eigenvalue weighted by Crippen LogP contribution is 2.32. The first-order chi connectivity index (χ1) is 14.0. The minimum Gasteiger partial charge on any atom is -0.379 e. The summed E-state index contributed by atoms with van der Waals surface area (Å²) in [6.45, 7) is 9.92. The second kappa shape index (κ2) is 10.0. The fourth-order valence-electron chi connectivity index (χ4n) is 4.24. The second-order valence-electron chi connectivity index (χ2n) is 8.33. The van der Waals surface area contributed by atoms with E-state index in [1.54, 1.807) is 18.0 Å². The van der Waals surface area contributed by atoms with Gasteiger partial charge in [-0.1, -0.05) is 38.1 Å². The van der Waals surface area contributed by atoms with Crippen molar-refractivity contribution >= 4 is 17.9 Å². The molecule has 2 amide bonds. The molecule has 0 radical (unpaired) electrons. The number of rotatable bonds is 7. The molecule has 2 aliphatic rings. The molecule has 1 aromatic rings. The standard InChI is InChI=1S/C23H33N3O3/c1-17(2)14-20(25-10-12-29-13-11-25)16-24-23(28)15-22-21-7-5-4-6-19(21)8-9-26(22)18(3)27/h4-9,17,20,22H,10-16H2,1-3H3,(H,24,28). The molecule has 0 bridgehead atoms. The lowest BCUT2D eigenvalue weighted by atomic mass is 9.93. The summed E-state index contributed by atoms with van der Waals surface area (Å²) in [6, 6.07) is 8.00. The number of carbonyl (C=O) groups excluding carboxylic acids is 2. The number of hydrogen-bond donors (Lipinski definition) is 1. The van der Waals surface area contributed by atoms with E-state index in [2.05, 4.69) is 24.1 Å². The van der Waals surface area contributed by atoms with Gasteiger partial charge in [-0.2, -0.15) is 0 Å². The van der Waals surface area contributed by atoms with Crippen molar-refractivity contribution in [1.29, 1.82) is 0 Å². The predicted octanol–water partition coefficient (Wildman–Crippen LogP) is 2.81. The van der Waals surface area contributed by atoms with Gasteiger partial charge in [0.2, 0.25) is 11.8 Å². The zero-order valence-electron chi connectivity index (χ0n) is 17.8. The molecule has 6 heteroatoms. The molecule has 29 heavy (non-hydrogen) atoms. The van der Waals surface area contributed by atoms with E-state index in [0.29, 0.717) is 18.5 Å². The number of nitrogens with zero attached hydrogens (tertiary/aromatic N) is 2. The number of benzene rings is 1. The van der Waals surface area contributed by atoms with Crippen molar-refractivity contribution in [2.45, 2.75) is 45.7 Å². The molecule has 1 aromatic carbocycles. The van der Waals surface area contributed by atoms with E-state index in [-0.39, 0.29) is 24.3 Å². The Morgan fingerprint density at radius 1 is 1.21 bits per heavy atom. The largest absolute Gasteiger partial charge is 0.379 e. The molecule has 1 fully saturated rings. The summed E-state index contributed by atoms with van der Waals surface area (Å²) in [7, 11) is 0. The molecule has 158 valence electrons. The lowest BCUT2D eigenvalue weighted by Crippen LogP contribution is -2.49. The fourth-order valence-corrected chi connectivity index (χ4v) is 4.24. The smallest absolute Gasteiger partial charge is 0.223 e. The molecule has 0 saturated carbocycles. The summed E-state index contributed by atoms with van der Waals surface area (Å²) in [4.78, 5) is 29.0. The van der Waals surface area contributed by atoms with E-state index in [9.17, 15) is 9.59 Å². The minimum atomic E-state index is -0.263. The zero-order chi connectivity index (χ0) is 20.8. The van der Waals surface area contributed by atoms with Gasteiger partial charge in [-0.3, -0.25) is 14.5 Å². The highest BCUT2D eigenvalue weighted by Gasteiger charge is 2.29. The molecule has 2 heterocycles. The van der Waals surface area contributed by atoms with Gasteiger partial charge in [0.15, 0.2) is 0 Å². The molecule has 2 aliphatic heterocycles. The van der Waals surface area contributed by atoms with Crippen LogP contribution in [0.25, 0.3) is 6.08 Å². The lowest BCUT2D eigenvalue weighted by molar-refractivity contribution is -0.130. The number of ether oxygens (including phenoxy) is 1. The number of morpholine rings is 1. The summed E-state index contributed by atoms with van der Waals surface area (Å²) >= 11 is 0. The maximum atomic E-state index is 12.8. The van der Waals surface area contributed by atoms with Gasteiger partial charge < -0.3 is 15.0 Å². The van der Waals surface area contributed by atoms with Crippen molar-refractivity contribution in [3.8, 4) is 0 Å². The lowest BCUT2D eigenvalue weighted by Gasteiger charge is -2.36. The van der Waals surface area contributed by atoms with Crippen LogP contribution in [0.1, 0.15) is 50.8 Å². The van der Waals surface area contributed by atoms with Crippen molar-refractivity contribution in [1.82, 2.24) is 15.1 Å². The van der Waals surface area contributed by atoms with E-state index in [1.165, 1.54) is 0 Å². The summed E-state index contributed by atoms with van der Waals surface area (Å²) < 4.78 is 5.48. The Kier molecular flexibility index (Phi) is 7.45. The predicted molar refractivity (Wildman–Crippen MR) is 114 cm³/mol. The van der Waals surface area contributed by atoms with Gasteiger partial charge in [-0.25, -0.2) is 0 Å². The average Bonchev–Trinajstić information content (AvgIpc) is 2.71. The summed E-state index contributed by atoms with van der Waals surface area (Å²) in [5, 5.41) is 3.14. The van der Waals surface area contributed by atoms with E-state index in [1.807, 2.05) is 30.3 Å². The van der Waals surface area contributed by atoms with Gasteiger partial charge in [0.05, 0.1) is 25.7 Å². The van der Waals surface area contributed by atoms with Crippen LogP contribution < -0.4 is 5.32 Å².